The standard InChI is InChI=1S/C12H12N2O3/c1-16-8-10-2-3-11(17-10)12(15)14-9-4-6-13-7-5-9/h2-7H,8H2,1H3,(H,13,14,15). The first-order valence-electron chi connectivity index (χ1n) is 5.08. The Labute approximate surface area is 98.4 Å². The molecule has 0 aliphatic heterocycles. The van der Waals surface area contributed by atoms with Crippen molar-refractivity contribution >= 4 is 11.6 Å². The highest BCUT2D eigenvalue weighted by Gasteiger charge is 2.11. The lowest BCUT2D eigenvalue weighted by molar-refractivity contribution is 0.0987. The molecule has 2 aromatic heterocycles. The number of pyridine rings is 1. The summed E-state index contributed by atoms with van der Waals surface area (Å²) in [5.41, 5.74) is 0.676. The van der Waals surface area contributed by atoms with Crippen molar-refractivity contribution in [3.63, 3.8) is 0 Å². The minimum atomic E-state index is -0.293. The maximum atomic E-state index is 11.8. The number of hydrogen-bond acceptors (Lipinski definition) is 4. The molecule has 0 saturated carbocycles. The number of rotatable bonds is 4. The van der Waals surface area contributed by atoms with E-state index in [9.17, 15) is 4.79 Å². The van der Waals surface area contributed by atoms with E-state index in [1.54, 1.807) is 43.8 Å². The van der Waals surface area contributed by atoms with Gasteiger partial charge >= 0.3 is 0 Å². The fourth-order valence-corrected chi connectivity index (χ4v) is 1.35. The minimum absolute atomic E-state index is 0.258. The summed E-state index contributed by atoms with van der Waals surface area (Å²) >= 11 is 0. The third kappa shape index (κ3) is 2.92. The highest BCUT2D eigenvalue weighted by atomic mass is 16.5. The smallest absolute Gasteiger partial charge is 0.291 e. The van der Waals surface area contributed by atoms with Gasteiger partial charge in [-0.05, 0) is 24.3 Å². The summed E-state index contributed by atoms with van der Waals surface area (Å²) in [6.45, 7) is 0.350. The predicted molar refractivity (Wildman–Crippen MR) is 61.6 cm³/mol. The van der Waals surface area contributed by atoms with Gasteiger partial charge in [-0.15, -0.1) is 0 Å². The van der Waals surface area contributed by atoms with Crippen molar-refractivity contribution in [2.75, 3.05) is 12.4 Å². The first-order valence-corrected chi connectivity index (χ1v) is 5.08. The van der Waals surface area contributed by atoms with Gasteiger partial charge in [-0.2, -0.15) is 0 Å². The van der Waals surface area contributed by atoms with Gasteiger partial charge in [-0.1, -0.05) is 0 Å². The van der Waals surface area contributed by atoms with E-state index in [1.165, 1.54) is 0 Å². The lowest BCUT2D eigenvalue weighted by atomic mass is 10.3. The van der Waals surface area contributed by atoms with Crippen molar-refractivity contribution in [3.8, 4) is 0 Å². The van der Waals surface area contributed by atoms with Crippen LogP contribution >= 0.6 is 0 Å². The molecule has 0 saturated heterocycles. The molecule has 2 heterocycles. The number of carbonyl (C=O) groups excluding carboxylic acids is 1. The molecule has 2 aromatic rings. The summed E-state index contributed by atoms with van der Waals surface area (Å²) in [5.74, 6) is 0.583. The van der Waals surface area contributed by atoms with E-state index in [-0.39, 0.29) is 11.7 Å². The average molecular weight is 232 g/mol. The van der Waals surface area contributed by atoms with Crippen molar-refractivity contribution < 1.29 is 13.9 Å². The minimum Gasteiger partial charge on any atom is -0.453 e. The molecule has 5 heteroatoms. The number of furan rings is 1. The third-order valence-electron chi connectivity index (χ3n) is 2.11. The second-order valence-electron chi connectivity index (χ2n) is 3.39. The van der Waals surface area contributed by atoms with Gasteiger partial charge in [0.25, 0.3) is 5.91 Å². The van der Waals surface area contributed by atoms with E-state index < -0.39 is 0 Å². The van der Waals surface area contributed by atoms with Gasteiger partial charge in [0.2, 0.25) is 0 Å². The van der Waals surface area contributed by atoms with Crippen molar-refractivity contribution in [1.82, 2.24) is 4.98 Å². The average Bonchev–Trinajstić information content (AvgIpc) is 2.79. The zero-order valence-electron chi connectivity index (χ0n) is 9.34. The Morgan fingerprint density at radius 1 is 1.35 bits per heavy atom. The van der Waals surface area contributed by atoms with E-state index in [1.807, 2.05) is 0 Å². The summed E-state index contributed by atoms with van der Waals surface area (Å²) in [6.07, 6.45) is 3.21. The van der Waals surface area contributed by atoms with E-state index in [4.69, 9.17) is 9.15 Å². The number of ether oxygens (including phenoxy) is 1. The molecule has 17 heavy (non-hydrogen) atoms. The molecule has 1 amide bonds. The Morgan fingerprint density at radius 3 is 2.82 bits per heavy atom. The van der Waals surface area contributed by atoms with E-state index >= 15 is 0 Å². The van der Waals surface area contributed by atoms with Gasteiger partial charge in [0.05, 0.1) is 0 Å². The molecule has 0 aliphatic carbocycles. The molecule has 0 radical (unpaired) electrons. The Morgan fingerprint density at radius 2 is 2.12 bits per heavy atom. The topological polar surface area (TPSA) is 64.4 Å². The number of nitrogens with zero attached hydrogens (tertiary/aromatic N) is 1. The number of carbonyl (C=O) groups is 1. The Kier molecular flexibility index (Phi) is 3.52. The second kappa shape index (κ2) is 5.27. The van der Waals surface area contributed by atoms with Crippen LogP contribution in [0.5, 0.6) is 0 Å². The molecule has 5 nitrogen and oxygen atoms in total. The highest BCUT2D eigenvalue weighted by Crippen LogP contribution is 2.11. The van der Waals surface area contributed by atoms with Crippen molar-refractivity contribution in [2.45, 2.75) is 6.61 Å². The van der Waals surface area contributed by atoms with Crippen LogP contribution in [0.1, 0.15) is 16.3 Å². The van der Waals surface area contributed by atoms with Crippen molar-refractivity contribution in [3.05, 3.63) is 48.2 Å². The van der Waals surface area contributed by atoms with Gasteiger partial charge in [0, 0.05) is 25.2 Å². The lowest BCUT2D eigenvalue weighted by Crippen LogP contribution is -2.10. The maximum Gasteiger partial charge on any atom is 0.291 e. The van der Waals surface area contributed by atoms with Crippen LogP contribution in [0.4, 0.5) is 5.69 Å². The van der Waals surface area contributed by atoms with Gasteiger partial charge < -0.3 is 14.5 Å². The normalized spacial score (nSPS) is 10.2. The van der Waals surface area contributed by atoms with E-state index in [0.29, 0.717) is 18.1 Å². The monoisotopic (exact) mass is 232 g/mol. The van der Waals surface area contributed by atoms with Crippen molar-refractivity contribution in [2.24, 2.45) is 0 Å². The molecular formula is C12H12N2O3. The van der Waals surface area contributed by atoms with Crippen LogP contribution in [0.3, 0.4) is 0 Å². The van der Waals surface area contributed by atoms with Crippen LogP contribution in [0, 0.1) is 0 Å². The molecule has 0 aliphatic rings. The summed E-state index contributed by atoms with van der Waals surface area (Å²) < 4.78 is 10.2. The number of amides is 1. The maximum absolute atomic E-state index is 11.8. The molecule has 1 N–H and O–H groups in total. The Balaban J connectivity index is 2.04. The van der Waals surface area contributed by atoms with Gasteiger partial charge in [0.1, 0.15) is 12.4 Å². The predicted octanol–water partition coefficient (Wildman–Crippen LogP) is 2.07. The van der Waals surface area contributed by atoms with Gasteiger partial charge in [-0.3, -0.25) is 9.78 Å². The number of anilines is 1. The first-order chi connectivity index (χ1) is 8.29. The summed E-state index contributed by atoms with van der Waals surface area (Å²) in [6, 6.07) is 6.74. The molecule has 0 bridgehead atoms. The zero-order chi connectivity index (χ0) is 12.1. The molecule has 0 atom stereocenters. The summed E-state index contributed by atoms with van der Waals surface area (Å²) in [7, 11) is 1.57. The highest BCUT2D eigenvalue weighted by molar-refractivity contribution is 6.02. The fourth-order valence-electron chi connectivity index (χ4n) is 1.35. The number of methoxy groups -OCH3 is 1. The number of hydrogen-bond donors (Lipinski definition) is 1. The Bertz CT molecular complexity index is 493. The van der Waals surface area contributed by atoms with Crippen LogP contribution in [0.15, 0.2) is 41.1 Å². The number of nitrogens with one attached hydrogen (secondary N) is 1. The van der Waals surface area contributed by atoms with Crippen LogP contribution < -0.4 is 5.32 Å². The summed E-state index contributed by atoms with van der Waals surface area (Å²) in [5, 5.41) is 2.70. The molecule has 2 rings (SSSR count). The molecule has 0 spiro atoms. The second-order valence-corrected chi connectivity index (χ2v) is 3.39. The van der Waals surface area contributed by atoms with Gasteiger partial charge in [-0.25, -0.2) is 0 Å². The van der Waals surface area contributed by atoms with E-state index in [2.05, 4.69) is 10.3 Å². The summed E-state index contributed by atoms with van der Waals surface area (Å²) in [4.78, 5) is 15.6. The molecule has 0 unspecified atom stereocenters. The van der Waals surface area contributed by atoms with Gasteiger partial charge in [0.15, 0.2) is 5.76 Å². The molecule has 0 fully saturated rings. The van der Waals surface area contributed by atoms with Crippen LogP contribution in [-0.2, 0) is 11.3 Å². The molecular weight excluding hydrogens is 220 g/mol. The Hall–Kier alpha value is -2.14. The fraction of sp³-hybridized carbons (Fsp3) is 0.167. The largest absolute Gasteiger partial charge is 0.453 e. The zero-order valence-corrected chi connectivity index (χ0v) is 9.34. The van der Waals surface area contributed by atoms with Crippen LogP contribution in [0.25, 0.3) is 0 Å². The van der Waals surface area contributed by atoms with E-state index in [0.717, 1.165) is 0 Å². The van der Waals surface area contributed by atoms with Crippen molar-refractivity contribution in [1.29, 1.82) is 0 Å². The first kappa shape index (κ1) is 11.3. The SMILES string of the molecule is COCc1ccc(C(=O)Nc2ccncc2)o1. The molecule has 88 valence electrons. The van der Waals surface area contributed by atoms with Crippen LogP contribution in [0.2, 0.25) is 0 Å². The van der Waals surface area contributed by atoms with Crippen LogP contribution in [-0.4, -0.2) is 18.0 Å². The third-order valence-corrected chi connectivity index (χ3v) is 2.11. The number of aromatic nitrogens is 1. The lowest BCUT2D eigenvalue weighted by Gasteiger charge is -2.01. The quantitative estimate of drug-likeness (QED) is 0.876. The molecule has 0 aromatic carbocycles.